The first kappa shape index (κ1) is 15.0. The van der Waals surface area contributed by atoms with Gasteiger partial charge in [0.25, 0.3) is 0 Å². The monoisotopic (exact) mass is 277 g/mol. The number of hydrogen-bond acceptors (Lipinski definition) is 3. The molecular formula is C16H23NO3. The molecule has 0 saturated carbocycles. The molecular weight excluding hydrogens is 254 g/mol. The summed E-state index contributed by atoms with van der Waals surface area (Å²) in [4.78, 5) is 12.0. The molecule has 20 heavy (non-hydrogen) atoms. The second-order valence-electron chi connectivity index (χ2n) is 5.26. The molecule has 1 aromatic rings. The number of rotatable bonds is 6. The van der Waals surface area contributed by atoms with Crippen LogP contribution in [-0.4, -0.2) is 29.8 Å². The number of nitrogens with one attached hydrogen (secondary N) is 1. The molecule has 2 rings (SSSR count). The molecule has 1 fully saturated rings. The summed E-state index contributed by atoms with van der Waals surface area (Å²) in [5.41, 5.74) is 0.771. The Kier molecular flexibility index (Phi) is 5.56. The van der Waals surface area contributed by atoms with Gasteiger partial charge in [0.2, 0.25) is 5.91 Å². The topological polar surface area (TPSA) is 58.6 Å². The Hall–Kier alpha value is -1.39. The van der Waals surface area contributed by atoms with Gasteiger partial charge < -0.3 is 15.2 Å². The molecule has 1 amide bonds. The van der Waals surface area contributed by atoms with E-state index >= 15 is 0 Å². The van der Waals surface area contributed by atoms with Crippen molar-refractivity contribution in [1.29, 1.82) is 0 Å². The van der Waals surface area contributed by atoms with Crippen molar-refractivity contribution in [2.75, 3.05) is 6.61 Å². The molecule has 1 aromatic carbocycles. The van der Waals surface area contributed by atoms with Gasteiger partial charge in [0.1, 0.15) is 0 Å². The van der Waals surface area contributed by atoms with E-state index in [1.165, 1.54) is 0 Å². The van der Waals surface area contributed by atoms with Gasteiger partial charge in [-0.3, -0.25) is 4.79 Å². The Balaban J connectivity index is 1.84. The molecule has 1 aliphatic rings. The third-order valence-corrected chi connectivity index (χ3v) is 3.76. The van der Waals surface area contributed by atoms with Crippen molar-refractivity contribution in [2.24, 2.45) is 0 Å². The number of hydrogen-bond donors (Lipinski definition) is 2. The summed E-state index contributed by atoms with van der Waals surface area (Å²) in [7, 11) is 0. The van der Waals surface area contributed by atoms with Gasteiger partial charge in [-0.25, -0.2) is 0 Å². The summed E-state index contributed by atoms with van der Waals surface area (Å²) in [6, 6.07) is 9.31. The lowest BCUT2D eigenvalue weighted by atomic mass is 10.0. The van der Waals surface area contributed by atoms with Gasteiger partial charge in [-0.05, 0) is 24.8 Å². The molecule has 0 aliphatic carbocycles. The molecule has 4 nitrogen and oxygen atoms in total. The van der Waals surface area contributed by atoms with Crippen molar-refractivity contribution in [3.05, 3.63) is 35.9 Å². The lowest BCUT2D eigenvalue weighted by Gasteiger charge is -2.23. The van der Waals surface area contributed by atoms with Crippen molar-refractivity contribution in [2.45, 2.75) is 50.9 Å². The van der Waals surface area contributed by atoms with Gasteiger partial charge in [0.15, 0.2) is 0 Å². The summed E-state index contributed by atoms with van der Waals surface area (Å²) in [6.07, 6.45) is 2.37. The zero-order valence-electron chi connectivity index (χ0n) is 11.9. The van der Waals surface area contributed by atoms with Crippen molar-refractivity contribution in [1.82, 2.24) is 5.32 Å². The van der Waals surface area contributed by atoms with Crippen LogP contribution in [0.5, 0.6) is 0 Å². The molecule has 0 bridgehead atoms. The van der Waals surface area contributed by atoms with E-state index in [0.29, 0.717) is 0 Å². The number of carbonyl (C=O) groups is 1. The first-order valence-corrected chi connectivity index (χ1v) is 7.34. The average Bonchev–Trinajstić information content (AvgIpc) is 2.99. The predicted octanol–water partition coefficient (Wildman–Crippen LogP) is 2.18. The standard InChI is InChI=1S/C16H23NO3/c1-2-13(15-9-6-10-20-15)17-16(19)11-14(18)12-7-4-3-5-8-12/h3-5,7-8,13-15,18H,2,6,9-11H2,1H3,(H,17,19). The van der Waals surface area contributed by atoms with Gasteiger partial charge in [0.05, 0.1) is 24.7 Å². The number of benzene rings is 1. The van der Waals surface area contributed by atoms with Gasteiger partial charge in [-0.15, -0.1) is 0 Å². The molecule has 3 unspecified atom stereocenters. The number of carbonyl (C=O) groups excluding carboxylic acids is 1. The molecule has 110 valence electrons. The number of ether oxygens (including phenoxy) is 1. The van der Waals surface area contributed by atoms with Gasteiger partial charge in [-0.1, -0.05) is 37.3 Å². The van der Waals surface area contributed by atoms with Crippen molar-refractivity contribution >= 4 is 5.91 Å². The Morgan fingerprint density at radius 1 is 1.45 bits per heavy atom. The molecule has 0 aromatic heterocycles. The Morgan fingerprint density at radius 3 is 2.80 bits per heavy atom. The van der Waals surface area contributed by atoms with E-state index in [2.05, 4.69) is 5.32 Å². The third-order valence-electron chi connectivity index (χ3n) is 3.76. The van der Waals surface area contributed by atoms with Crippen molar-refractivity contribution in [3.8, 4) is 0 Å². The van der Waals surface area contributed by atoms with Crippen LogP contribution < -0.4 is 5.32 Å². The number of amides is 1. The Labute approximate surface area is 120 Å². The number of aliphatic hydroxyl groups excluding tert-OH is 1. The molecule has 3 atom stereocenters. The lowest BCUT2D eigenvalue weighted by molar-refractivity contribution is -0.124. The lowest BCUT2D eigenvalue weighted by Crippen LogP contribution is -2.43. The third kappa shape index (κ3) is 4.05. The maximum Gasteiger partial charge on any atom is 0.223 e. The molecule has 2 N–H and O–H groups in total. The molecule has 1 aliphatic heterocycles. The normalized spacial score (nSPS) is 21.4. The molecule has 1 heterocycles. The zero-order chi connectivity index (χ0) is 14.4. The maximum atomic E-state index is 12.0. The molecule has 4 heteroatoms. The summed E-state index contributed by atoms with van der Waals surface area (Å²) in [5, 5.41) is 13.0. The molecule has 0 spiro atoms. The largest absolute Gasteiger partial charge is 0.388 e. The van der Waals surface area contributed by atoms with Crippen LogP contribution in [0.3, 0.4) is 0 Å². The summed E-state index contributed by atoms with van der Waals surface area (Å²) >= 11 is 0. The van der Waals surface area contributed by atoms with Crippen LogP contribution in [0.15, 0.2) is 30.3 Å². The van der Waals surface area contributed by atoms with Crippen LogP contribution in [0, 0.1) is 0 Å². The van der Waals surface area contributed by atoms with E-state index < -0.39 is 6.10 Å². The first-order valence-electron chi connectivity index (χ1n) is 7.34. The fraction of sp³-hybridized carbons (Fsp3) is 0.562. The first-order chi connectivity index (χ1) is 9.70. The van der Waals surface area contributed by atoms with Gasteiger partial charge in [-0.2, -0.15) is 0 Å². The average molecular weight is 277 g/mol. The molecule has 1 saturated heterocycles. The van der Waals surface area contributed by atoms with Crippen LogP contribution in [0.2, 0.25) is 0 Å². The highest BCUT2D eigenvalue weighted by Gasteiger charge is 2.26. The fourth-order valence-electron chi connectivity index (χ4n) is 2.61. The minimum Gasteiger partial charge on any atom is -0.388 e. The maximum absolute atomic E-state index is 12.0. The van der Waals surface area contributed by atoms with Crippen LogP contribution in [0.4, 0.5) is 0 Å². The Bertz CT molecular complexity index is 415. The van der Waals surface area contributed by atoms with Crippen LogP contribution in [0.25, 0.3) is 0 Å². The van der Waals surface area contributed by atoms with E-state index in [-0.39, 0.29) is 24.5 Å². The summed E-state index contributed by atoms with van der Waals surface area (Å²) in [6.45, 7) is 2.82. The van der Waals surface area contributed by atoms with Crippen LogP contribution in [-0.2, 0) is 9.53 Å². The van der Waals surface area contributed by atoms with E-state index in [9.17, 15) is 9.90 Å². The second kappa shape index (κ2) is 7.41. The summed E-state index contributed by atoms with van der Waals surface area (Å²) < 4.78 is 5.62. The number of aliphatic hydroxyl groups is 1. The van der Waals surface area contributed by atoms with E-state index in [0.717, 1.165) is 31.4 Å². The summed E-state index contributed by atoms with van der Waals surface area (Å²) in [5.74, 6) is -0.122. The highest BCUT2D eigenvalue weighted by atomic mass is 16.5. The highest BCUT2D eigenvalue weighted by molar-refractivity contribution is 5.77. The Morgan fingerprint density at radius 2 is 2.20 bits per heavy atom. The SMILES string of the molecule is CCC(NC(=O)CC(O)c1ccccc1)C1CCCO1. The van der Waals surface area contributed by atoms with E-state index in [1.807, 2.05) is 37.3 Å². The van der Waals surface area contributed by atoms with Crippen molar-refractivity contribution < 1.29 is 14.6 Å². The van der Waals surface area contributed by atoms with E-state index in [1.54, 1.807) is 0 Å². The smallest absolute Gasteiger partial charge is 0.223 e. The zero-order valence-corrected chi connectivity index (χ0v) is 11.9. The molecule has 0 radical (unpaired) electrons. The van der Waals surface area contributed by atoms with Gasteiger partial charge in [0, 0.05) is 6.61 Å². The second-order valence-corrected chi connectivity index (χ2v) is 5.26. The fourth-order valence-corrected chi connectivity index (χ4v) is 2.61. The predicted molar refractivity (Wildman–Crippen MR) is 77.2 cm³/mol. The van der Waals surface area contributed by atoms with Crippen LogP contribution >= 0.6 is 0 Å². The van der Waals surface area contributed by atoms with Crippen LogP contribution in [0.1, 0.15) is 44.3 Å². The minimum atomic E-state index is -0.752. The van der Waals surface area contributed by atoms with E-state index in [4.69, 9.17) is 4.74 Å². The minimum absolute atomic E-state index is 0.0490. The van der Waals surface area contributed by atoms with Crippen molar-refractivity contribution in [3.63, 3.8) is 0 Å². The quantitative estimate of drug-likeness (QED) is 0.838. The van der Waals surface area contributed by atoms with Gasteiger partial charge >= 0.3 is 0 Å². The highest BCUT2D eigenvalue weighted by Crippen LogP contribution is 2.19.